The van der Waals surface area contributed by atoms with Gasteiger partial charge in [0, 0.05) is 6.42 Å². The van der Waals surface area contributed by atoms with Gasteiger partial charge in [-0.2, -0.15) is 0 Å². The van der Waals surface area contributed by atoms with Crippen molar-refractivity contribution in [1.82, 2.24) is 0 Å². The molecule has 1 atom stereocenters. The molecule has 1 saturated carbocycles. The van der Waals surface area contributed by atoms with Crippen molar-refractivity contribution in [3.05, 3.63) is 35.9 Å². The van der Waals surface area contributed by atoms with E-state index in [0.717, 1.165) is 12.0 Å². The first-order valence-electron chi connectivity index (χ1n) is 8.85. The predicted molar refractivity (Wildman–Crippen MR) is 92.1 cm³/mol. The molecule has 0 bridgehead atoms. The third-order valence-corrected chi connectivity index (χ3v) is 4.27. The van der Waals surface area contributed by atoms with Crippen LogP contribution in [0.1, 0.15) is 64.9 Å². The third kappa shape index (κ3) is 6.84. The van der Waals surface area contributed by atoms with Gasteiger partial charge in [0.25, 0.3) is 0 Å². The van der Waals surface area contributed by atoms with Gasteiger partial charge in [0.05, 0.1) is 5.60 Å². The van der Waals surface area contributed by atoms with Crippen LogP contribution < -0.4 is 0 Å². The minimum atomic E-state index is -0.461. The molecule has 0 saturated heterocycles. The maximum absolute atomic E-state index is 12.7. The molecule has 0 N–H and O–H groups in total. The molecule has 0 amide bonds. The summed E-state index contributed by atoms with van der Waals surface area (Å²) in [7, 11) is 0. The molecule has 0 aliphatic heterocycles. The van der Waals surface area contributed by atoms with Crippen LogP contribution in [0.5, 0.6) is 0 Å². The van der Waals surface area contributed by atoms with E-state index in [9.17, 15) is 4.79 Å². The van der Waals surface area contributed by atoms with Gasteiger partial charge in [-0.15, -0.1) is 0 Å². The molecule has 0 aromatic heterocycles. The van der Waals surface area contributed by atoms with Gasteiger partial charge in [-0.3, -0.25) is 4.79 Å². The van der Waals surface area contributed by atoms with Crippen molar-refractivity contribution in [2.24, 2.45) is 5.92 Å². The number of carbonyl (C=O) groups excluding carboxylic acids is 1. The standard InChI is InChI=1S/C20H30O3/c1-20(2,3)23-22-19(15-17-12-8-5-9-13-17)18(21)14-16-10-6-4-7-11-16/h4,6-7,10-11,17,19H,5,8-9,12-15H2,1-3H3. The zero-order chi connectivity index (χ0) is 16.7. The normalized spacial score (nSPS) is 17.9. The van der Waals surface area contributed by atoms with Crippen molar-refractivity contribution >= 4 is 5.78 Å². The maximum atomic E-state index is 12.7. The average Bonchev–Trinajstić information content (AvgIpc) is 2.52. The molecule has 1 aromatic carbocycles. The van der Waals surface area contributed by atoms with Gasteiger partial charge in [0.15, 0.2) is 11.9 Å². The molecule has 0 radical (unpaired) electrons. The minimum Gasteiger partial charge on any atom is -0.296 e. The summed E-state index contributed by atoms with van der Waals surface area (Å²) in [5.41, 5.74) is 0.628. The Kier molecular flexibility index (Phi) is 6.79. The summed E-state index contributed by atoms with van der Waals surface area (Å²) in [5.74, 6) is 0.697. The lowest BCUT2D eigenvalue weighted by Crippen LogP contribution is -2.33. The molecule has 1 aromatic rings. The Hall–Kier alpha value is -1.19. The van der Waals surface area contributed by atoms with Gasteiger partial charge in [-0.1, -0.05) is 62.4 Å². The summed E-state index contributed by atoms with van der Waals surface area (Å²) in [6.45, 7) is 5.81. The lowest BCUT2D eigenvalue weighted by atomic mass is 9.84. The van der Waals surface area contributed by atoms with Gasteiger partial charge in [0.2, 0.25) is 0 Å². The van der Waals surface area contributed by atoms with E-state index >= 15 is 0 Å². The number of benzene rings is 1. The van der Waals surface area contributed by atoms with Crippen LogP contribution in [-0.4, -0.2) is 17.5 Å². The molecular formula is C20H30O3. The number of hydrogen-bond acceptors (Lipinski definition) is 3. The van der Waals surface area contributed by atoms with Crippen LogP contribution in [0, 0.1) is 5.92 Å². The van der Waals surface area contributed by atoms with Crippen molar-refractivity contribution in [3.8, 4) is 0 Å². The van der Waals surface area contributed by atoms with Crippen LogP contribution in [0.2, 0.25) is 0 Å². The fourth-order valence-electron chi connectivity index (χ4n) is 3.06. The summed E-state index contributed by atoms with van der Waals surface area (Å²) in [6, 6.07) is 9.86. The second kappa shape index (κ2) is 8.60. The van der Waals surface area contributed by atoms with Crippen LogP contribution in [0.25, 0.3) is 0 Å². The van der Waals surface area contributed by atoms with Crippen LogP contribution in [0.3, 0.4) is 0 Å². The largest absolute Gasteiger partial charge is 0.296 e. The van der Waals surface area contributed by atoms with Crippen molar-refractivity contribution < 1.29 is 14.6 Å². The Labute approximate surface area is 140 Å². The molecule has 1 aliphatic rings. The van der Waals surface area contributed by atoms with Gasteiger partial charge in [0.1, 0.15) is 0 Å². The fourth-order valence-corrected chi connectivity index (χ4v) is 3.06. The highest BCUT2D eigenvalue weighted by atomic mass is 17.2. The summed E-state index contributed by atoms with van der Waals surface area (Å²) in [6.07, 6.45) is 6.99. The van der Waals surface area contributed by atoms with Crippen molar-refractivity contribution in [1.29, 1.82) is 0 Å². The lowest BCUT2D eigenvalue weighted by molar-refractivity contribution is -0.367. The summed E-state index contributed by atoms with van der Waals surface area (Å²) >= 11 is 0. The van der Waals surface area contributed by atoms with E-state index in [1.807, 2.05) is 51.1 Å². The number of rotatable bonds is 7. The first kappa shape index (κ1) is 18.2. The second-order valence-corrected chi connectivity index (χ2v) is 7.65. The fraction of sp³-hybridized carbons (Fsp3) is 0.650. The Morgan fingerprint density at radius 2 is 1.78 bits per heavy atom. The topological polar surface area (TPSA) is 35.5 Å². The van der Waals surface area contributed by atoms with E-state index in [0.29, 0.717) is 12.3 Å². The van der Waals surface area contributed by atoms with Crippen LogP contribution in [0.4, 0.5) is 0 Å². The molecule has 3 nitrogen and oxygen atoms in total. The van der Waals surface area contributed by atoms with E-state index < -0.39 is 11.7 Å². The number of carbonyl (C=O) groups is 1. The van der Waals surface area contributed by atoms with Gasteiger partial charge in [-0.25, -0.2) is 9.78 Å². The highest BCUT2D eigenvalue weighted by molar-refractivity contribution is 5.85. The number of Topliss-reactive ketones (excluding diaryl/α,β-unsaturated/α-hetero) is 1. The molecule has 0 spiro atoms. The highest BCUT2D eigenvalue weighted by Gasteiger charge is 2.27. The molecule has 1 fully saturated rings. The zero-order valence-corrected chi connectivity index (χ0v) is 14.7. The van der Waals surface area contributed by atoms with E-state index in [2.05, 4.69) is 0 Å². The monoisotopic (exact) mass is 318 g/mol. The van der Waals surface area contributed by atoms with Gasteiger partial charge in [-0.05, 0) is 38.7 Å². The minimum absolute atomic E-state index is 0.117. The Balaban J connectivity index is 1.97. The van der Waals surface area contributed by atoms with Crippen molar-refractivity contribution in [2.75, 3.05) is 0 Å². The summed E-state index contributed by atoms with van der Waals surface area (Å²) in [5, 5.41) is 0. The molecule has 2 rings (SSSR count). The Morgan fingerprint density at radius 1 is 1.13 bits per heavy atom. The Bertz CT molecular complexity index is 469. The van der Waals surface area contributed by atoms with E-state index in [1.165, 1.54) is 32.1 Å². The molecule has 23 heavy (non-hydrogen) atoms. The summed E-state index contributed by atoms with van der Waals surface area (Å²) < 4.78 is 0. The quantitative estimate of drug-likeness (QED) is 0.531. The van der Waals surface area contributed by atoms with E-state index in [-0.39, 0.29) is 5.78 Å². The van der Waals surface area contributed by atoms with E-state index in [4.69, 9.17) is 9.78 Å². The number of hydrogen-bond donors (Lipinski definition) is 0. The molecular weight excluding hydrogens is 288 g/mol. The second-order valence-electron chi connectivity index (χ2n) is 7.65. The van der Waals surface area contributed by atoms with Gasteiger partial charge >= 0.3 is 0 Å². The molecule has 3 heteroatoms. The van der Waals surface area contributed by atoms with Gasteiger partial charge < -0.3 is 0 Å². The molecule has 1 unspecified atom stereocenters. The smallest absolute Gasteiger partial charge is 0.169 e. The zero-order valence-electron chi connectivity index (χ0n) is 14.7. The molecule has 1 aliphatic carbocycles. The van der Waals surface area contributed by atoms with E-state index in [1.54, 1.807) is 0 Å². The SMILES string of the molecule is CC(C)(C)OOC(CC1CCCCC1)C(=O)Cc1ccccc1. The third-order valence-electron chi connectivity index (χ3n) is 4.27. The first-order chi connectivity index (χ1) is 10.9. The van der Waals surface area contributed by atoms with Crippen LogP contribution >= 0.6 is 0 Å². The van der Waals surface area contributed by atoms with Crippen LogP contribution in [-0.2, 0) is 21.0 Å². The van der Waals surface area contributed by atoms with Crippen molar-refractivity contribution in [2.45, 2.75) is 77.4 Å². The lowest BCUT2D eigenvalue weighted by Gasteiger charge is -2.27. The highest BCUT2D eigenvalue weighted by Crippen LogP contribution is 2.29. The maximum Gasteiger partial charge on any atom is 0.169 e. The number of ketones is 1. The summed E-state index contributed by atoms with van der Waals surface area (Å²) in [4.78, 5) is 23.8. The average molecular weight is 318 g/mol. The molecule has 0 heterocycles. The Morgan fingerprint density at radius 3 is 2.39 bits per heavy atom. The van der Waals surface area contributed by atoms with Crippen molar-refractivity contribution in [3.63, 3.8) is 0 Å². The first-order valence-corrected chi connectivity index (χ1v) is 8.85. The van der Waals surface area contributed by atoms with Crippen LogP contribution in [0.15, 0.2) is 30.3 Å². The predicted octanol–water partition coefficient (Wildman–Crippen LogP) is 4.88. The molecule has 128 valence electrons.